The van der Waals surface area contributed by atoms with E-state index in [0.717, 1.165) is 24.6 Å². The van der Waals surface area contributed by atoms with Gasteiger partial charge < -0.3 is 20.7 Å². The highest BCUT2D eigenvalue weighted by Crippen LogP contribution is 2.08. The van der Waals surface area contributed by atoms with Gasteiger partial charge >= 0.3 is 0 Å². The van der Waals surface area contributed by atoms with Gasteiger partial charge in [0, 0.05) is 33.2 Å². The van der Waals surface area contributed by atoms with Gasteiger partial charge in [0.25, 0.3) is 0 Å². The molecule has 6 nitrogen and oxygen atoms in total. The van der Waals surface area contributed by atoms with Crippen LogP contribution in [0, 0.1) is 0 Å². The highest BCUT2D eigenvalue weighted by molar-refractivity contribution is 5.76. The molecule has 0 bridgehead atoms. The first-order valence-electron chi connectivity index (χ1n) is 6.96. The third-order valence-corrected chi connectivity index (χ3v) is 2.59. The molecule has 112 valence electrons. The fourth-order valence-corrected chi connectivity index (χ4v) is 1.57. The van der Waals surface area contributed by atoms with Gasteiger partial charge in [-0.15, -0.1) is 0 Å². The summed E-state index contributed by atoms with van der Waals surface area (Å²) in [5, 5.41) is 9.14. The Bertz CT molecular complexity index is 399. The Balaban J connectivity index is 2.25. The molecule has 1 amide bonds. The molecule has 1 aromatic heterocycles. The summed E-state index contributed by atoms with van der Waals surface area (Å²) in [6.07, 6.45) is 1.47. The monoisotopic (exact) mass is 280 g/mol. The summed E-state index contributed by atoms with van der Waals surface area (Å²) in [7, 11) is 1.61. The van der Waals surface area contributed by atoms with Gasteiger partial charge in [0.1, 0.15) is 11.6 Å². The van der Waals surface area contributed by atoms with Gasteiger partial charge in [-0.1, -0.05) is 13.0 Å². The number of hydrogen-bond donors (Lipinski definition) is 3. The molecule has 0 unspecified atom stereocenters. The molecule has 1 aromatic rings. The number of carbonyl (C=O) groups is 1. The molecule has 0 aromatic carbocycles. The van der Waals surface area contributed by atoms with E-state index in [0.29, 0.717) is 26.1 Å². The van der Waals surface area contributed by atoms with Crippen molar-refractivity contribution in [1.82, 2.24) is 10.3 Å². The van der Waals surface area contributed by atoms with E-state index in [4.69, 9.17) is 4.74 Å². The Morgan fingerprint density at radius 3 is 2.55 bits per heavy atom. The molecule has 0 spiro atoms. The number of aromatic nitrogens is 1. The third-order valence-electron chi connectivity index (χ3n) is 2.59. The number of anilines is 2. The molecule has 0 saturated heterocycles. The molecule has 0 aliphatic rings. The van der Waals surface area contributed by atoms with Gasteiger partial charge in [-0.25, -0.2) is 4.98 Å². The molecule has 0 fully saturated rings. The van der Waals surface area contributed by atoms with E-state index < -0.39 is 0 Å². The quantitative estimate of drug-likeness (QED) is 0.566. The van der Waals surface area contributed by atoms with Crippen molar-refractivity contribution in [3.05, 3.63) is 18.2 Å². The molecule has 0 aliphatic carbocycles. The Morgan fingerprint density at radius 1 is 1.20 bits per heavy atom. The van der Waals surface area contributed by atoms with Gasteiger partial charge in [0.15, 0.2) is 0 Å². The van der Waals surface area contributed by atoms with Crippen molar-refractivity contribution in [3.8, 4) is 0 Å². The minimum Gasteiger partial charge on any atom is -0.383 e. The molecule has 1 heterocycles. The molecule has 3 N–H and O–H groups in total. The molecule has 0 saturated carbocycles. The van der Waals surface area contributed by atoms with E-state index in [1.54, 1.807) is 7.11 Å². The summed E-state index contributed by atoms with van der Waals surface area (Å²) in [5.74, 6) is 1.63. The molecule has 20 heavy (non-hydrogen) atoms. The number of nitrogens with zero attached hydrogens (tertiary/aromatic N) is 1. The average molecular weight is 280 g/mol. The van der Waals surface area contributed by atoms with Crippen molar-refractivity contribution in [2.75, 3.05) is 44.0 Å². The predicted octanol–water partition coefficient (Wildman–Crippen LogP) is 1.47. The van der Waals surface area contributed by atoms with Gasteiger partial charge in [-0.3, -0.25) is 4.79 Å². The third kappa shape index (κ3) is 6.94. The normalized spacial score (nSPS) is 10.1. The second kappa shape index (κ2) is 10.0. The summed E-state index contributed by atoms with van der Waals surface area (Å²) < 4.78 is 4.86. The molecule has 0 aliphatic heterocycles. The van der Waals surface area contributed by atoms with Crippen molar-refractivity contribution in [2.45, 2.75) is 19.8 Å². The molecular weight excluding hydrogens is 256 g/mol. The lowest BCUT2D eigenvalue weighted by Gasteiger charge is -2.09. The van der Waals surface area contributed by atoms with Crippen LogP contribution < -0.4 is 16.0 Å². The van der Waals surface area contributed by atoms with Crippen molar-refractivity contribution in [3.63, 3.8) is 0 Å². The van der Waals surface area contributed by atoms with Gasteiger partial charge in [0.2, 0.25) is 5.91 Å². The zero-order chi connectivity index (χ0) is 14.6. The summed E-state index contributed by atoms with van der Waals surface area (Å²) in [5.41, 5.74) is 0. The minimum absolute atomic E-state index is 0.00909. The Labute approximate surface area is 120 Å². The highest BCUT2D eigenvalue weighted by Gasteiger charge is 2.01. The highest BCUT2D eigenvalue weighted by atomic mass is 16.5. The molecule has 6 heteroatoms. The first-order valence-corrected chi connectivity index (χ1v) is 6.96. The van der Waals surface area contributed by atoms with Crippen LogP contribution in [0.15, 0.2) is 18.2 Å². The summed E-state index contributed by atoms with van der Waals surface area (Å²) in [6.45, 7) is 4.65. The number of amides is 1. The number of hydrogen-bond acceptors (Lipinski definition) is 5. The second-order valence-corrected chi connectivity index (χ2v) is 4.35. The van der Waals surface area contributed by atoms with Crippen LogP contribution in [0.4, 0.5) is 11.6 Å². The van der Waals surface area contributed by atoms with Crippen LogP contribution in [-0.4, -0.2) is 44.2 Å². The molecule has 0 radical (unpaired) electrons. The maximum Gasteiger partial charge on any atom is 0.221 e. The second-order valence-electron chi connectivity index (χ2n) is 4.35. The maximum atomic E-state index is 11.5. The summed E-state index contributed by atoms with van der Waals surface area (Å²) in [4.78, 5) is 15.9. The van der Waals surface area contributed by atoms with Crippen LogP contribution in [-0.2, 0) is 9.53 Å². The van der Waals surface area contributed by atoms with Crippen LogP contribution in [0.1, 0.15) is 19.8 Å². The largest absolute Gasteiger partial charge is 0.383 e. The number of carbonyl (C=O) groups excluding carboxylic acids is 1. The smallest absolute Gasteiger partial charge is 0.221 e. The first-order chi connectivity index (χ1) is 9.76. The van der Waals surface area contributed by atoms with Crippen molar-refractivity contribution < 1.29 is 9.53 Å². The van der Waals surface area contributed by atoms with Gasteiger partial charge in [0.05, 0.1) is 6.61 Å². The van der Waals surface area contributed by atoms with E-state index in [1.807, 2.05) is 18.2 Å². The fourth-order valence-electron chi connectivity index (χ4n) is 1.57. The topological polar surface area (TPSA) is 75.3 Å². The van der Waals surface area contributed by atoms with E-state index in [2.05, 4.69) is 27.9 Å². The fraction of sp³-hybridized carbons (Fsp3) is 0.571. The van der Waals surface area contributed by atoms with Crippen molar-refractivity contribution in [2.24, 2.45) is 0 Å². The lowest BCUT2D eigenvalue weighted by molar-refractivity contribution is -0.121. The zero-order valence-electron chi connectivity index (χ0n) is 12.2. The van der Waals surface area contributed by atoms with Crippen LogP contribution >= 0.6 is 0 Å². The molecule has 0 atom stereocenters. The number of methoxy groups -OCH3 is 1. The van der Waals surface area contributed by atoms with Crippen LogP contribution in [0.3, 0.4) is 0 Å². The van der Waals surface area contributed by atoms with E-state index >= 15 is 0 Å². The number of pyridine rings is 1. The van der Waals surface area contributed by atoms with Crippen molar-refractivity contribution in [1.29, 1.82) is 0 Å². The van der Waals surface area contributed by atoms with E-state index in [9.17, 15) is 4.79 Å². The SMILES string of the molecule is CCCNc1cccc(NCCC(=O)NCCOC)n1. The lowest BCUT2D eigenvalue weighted by atomic mass is 10.3. The Hall–Kier alpha value is -1.82. The predicted molar refractivity (Wildman–Crippen MR) is 81.0 cm³/mol. The zero-order valence-corrected chi connectivity index (χ0v) is 12.2. The molecular formula is C14H24N4O2. The van der Waals surface area contributed by atoms with E-state index in [1.165, 1.54) is 0 Å². The first kappa shape index (κ1) is 16.2. The minimum atomic E-state index is 0.00909. The summed E-state index contributed by atoms with van der Waals surface area (Å²) >= 11 is 0. The van der Waals surface area contributed by atoms with Crippen LogP contribution in [0.5, 0.6) is 0 Å². The standard InChI is InChI=1S/C14H24N4O2/c1-3-8-15-12-5-4-6-13(18-12)16-9-7-14(19)17-10-11-20-2/h4-6H,3,7-11H2,1-2H3,(H,17,19)(H2,15,16,18). The van der Waals surface area contributed by atoms with E-state index in [-0.39, 0.29) is 5.91 Å². The van der Waals surface area contributed by atoms with Crippen LogP contribution in [0.2, 0.25) is 0 Å². The number of rotatable bonds is 10. The maximum absolute atomic E-state index is 11.5. The number of nitrogens with one attached hydrogen (secondary N) is 3. The summed E-state index contributed by atoms with van der Waals surface area (Å²) in [6, 6.07) is 5.75. The van der Waals surface area contributed by atoms with Crippen LogP contribution in [0.25, 0.3) is 0 Å². The van der Waals surface area contributed by atoms with Crippen molar-refractivity contribution >= 4 is 17.5 Å². The van der Waals surface area contributed by atoms with Gasteiger partial charge in [-0.05, 0) is 18.6 Å². The Kier molecular flexibility index (Phi) is 8.14. The Morgan fingerprint density at radius 2 is 1.90 bits per heavy atom. The number of ether oxygens (including phenoxy) is 1. The molecule has 1 rings (SSSR count). The average Bonchev–Trinajstić information content (AvgIpc) is 2.46. The lowest BCUT2D eigenvalue weighted by Crippen LogP contribution is -2.28. The van der Waals surface area contributed by atoms with Gasteiger partial charge in [-0.2, -0.15) is 0 Å².